The highest BCUT2D eigenvalue weighted by molar-refractivity contribution is 7.79. The molecule has 15 heavy (non-hydrogen) atoms. The molecule has 0 saturated carbocycles. The molecule has 0 aliphatic carbocycles. The number of para-hydroxylation sites is 1. The minimum absolute atomic E-state index is 0.152. The van der Waals surface area contributed by atoms with E-state index in [1.807, 2.05) is 24.3 Å². The molecule has 2 rings (SSSR count). The number of nitrogens with one attached hydrogen (secondary N) is 1. The Kier molecular flexibility index (Phi) is 2.44. The van der Waals surface area contributed by atoms with Gasteiger partial charge in [0.25, 0.3) is 11.0 Å². The van der Waals surface area contributed by atoms with Crippen LogP contribution in [0.15, 0.2) is 29.4 Å². The maximum atomic E-state index is 11.5. The number of carbonyl (C=O) groups is 1. The molecule has 1 aromatic rings. The fraction of sp³-hybridized carbons (Fsp3) is 0. The van der Waals surface area contributed by atoms with Crippen molar-refractivity contribution in [2.45, 2.75) is 0 Å². The third kappa shape index (κ3) is 1.85. The SMILES string of the molecule is NC(=S)[NH2+]N=C1C(=O)Nc2ccccc21. The molecule has 1 heterocycles. The Hall–Kier alpha value is -1.79. The molecule has 0 saturated heterocycles. The molecule has 76 valence electrons. The van der Waals surface area contributed by atoms with E-state index in [1.165, 1.54) is 5.43 Å². The lowest BCUT2D eigenvalue weighted by molar-refractivity contribution is -0.543. The lowest BCUT2D eigenvalue weighted by Crippen LogP contribution is -2.85. The van der Waals surface area contributed by atoms with Crippen molar-refractivity contribution in [1.29, 1.82) is 0 Å². The van der Waals surface area contributed by atoms with Gasteiger partial charge in [-0.1, -0.05) is 23.3 Å². The number of amides is 1. The Morgan fingerprint density at radius 2 is 2.20 bits per heavy atom. The van der Waals surface area contributed by atoms with Crippen LogP contribution in [0.1, 0.15) is 5.56 Å². The van der Waals surface area contributed by atoms with Gasteiger partial charge in [-0.05, 0) is 6.07 Å². The van der Waals surface area contributed by atoms with Crippen LogP contribution in [0, 0.1) is 0 Å². The molecule has 1 aromatic carbocycles. The third-order valence-corrected chi connectivity index (χ3v) is 2.07. The predicted octanol–water partition coefficient (Wildman–Crippen LogP) is -0.850. The second-order valence-corrected chi connectivity index (χ2v) is 3.48. The van der Waals surface area contributed by atoms with Gasteiger partial charge < -0.3 is 11.1 Å². The fourth-order valence-electron chi connectivity index (χ4n) is 1.36. The minimum atomic E-state index is -0.233. The summed E-state index contributed by atoms with van der Waals surface area (Å²) < 4.78 is 0. The molecule has 0 unspecified atom stereocenters. The van der Waals surface area contributed by atoms with E-state index in [0.717, 1.165) is 11.3 Å². The number of rotatable bonds is 1. The lowest BCUT2D eigenvalue weighted by Gasteiger charge is -1.93. The summed E-state index contributed by atoms with van der Waals surface area (Å²) in [4.78, 5) is 11.5. The van der Waals surface area contributed by atoms with Crippen molar-refractivity contribution < 1.29 is 10.2 Å². The predicted molar refractivity (Wildman–Crippen MR) is 60.3 cm³/mol. The summed E-state index contributed by atoms with van der Waals surface area (Å²) in [7, 11) is 0. The zero-order valence-electron chi connectivity index (χ0n) is 7.73. The maximum Gasteiger partial charge on any atom is 0.290 e. The van der Waals surface area contributed by atoms with Gasteiger partial charge in [0.15, 0.2) is 5.71 Å². The van der Waals surface area contributed by atoms with Crippen LogP contribution in [0.2, 0.25) is 0 Å². The molecule has 1 amide bonds. The molecule has 1 aliphatic rings. The molecule has 0 spiro atoms. The summed E-state index contributed by atoms with van der Waals surface area (Å²) in [6, 6.07) is 7.32. The highest BCUT2D eigenvalue weighted by atomic mass is 32.1. The number of carbonyl (C=O) groups excluding carboxylic acids is 1. The highest BCUT2D eigenvalue weighted by Gasteiger charge is 2.26. The van der Waals surface area contributed by atoms with Crippen LogP contribution in [0.4, 0.5) is 5.69 Å². The Balaban J connectivity index is 2.37. The third-order valence-electron chi connectivity index (χ3n) is 1.97. The molecule has 0 aromatic heterocycles. The first kappa shape index (κ1) is 9.75. The average Bonchev–Trinajstić information content (AvgIpc) is 2.50. The van der Waals surface area contributed by atoms with E-state index in [-0.39, 0.29) is 11.0 Å². The molecule has 0 radical (unpaired) electrons. The van der Waals surface area contributed by atoms with E-state index in [1.54, 1.807) is 0 Å². The van der Waals surface area contributed by atoms with Crippen molar-refractivity contribution in [3.05, 3.63) is 29.8 Å². The molecular formula is C9H9N4OS+. The summed E-state index contributed by atoms with van der Waals surface area (Å²) >= 11 is 4.65. The molecule has 0 bridgehead atoms. The zero-order chi connectivity index (χ0) is 10.8. The van der Waals surface area contributed by atoms with Crippen molar-refractivity contribution >= 4 is 34.6 Å². The highest BCUT2D eigenvalue weighted by Crippen LogP contribution is 2.21. The number of nitrogens with two attached hydrogens (primary N) is 2. The van der Waals surface area contributed by atoms with Crippen molar-refractivity contribution in [1.82, 2.24) is 0 Å². The zero-order valence-corrected chi connectivity index (χ0v) is 8.54. The Morgan fingerprint density at radius 1 is 1.47 bits per heavy atom. The van der Waals surface area contributed by atoms with Crippen LogP contribution >= 0.6 is 12.2 Å². The summed E-state index contributed by atoms with van der Waals surface area (Å²) in [5.74, 6) is -0.233. The first-order chi connectivity index (χ1) is 7.18. The largest absolute Gasteiger partial charge is 0.343 e. The van der Waals surface area contributed by atoms with E-state index in [9.17, 15) is 4.79 Å². The van der Waals surface area contributed by atoms with Crippen LogP contribution in [-0.4, -0.2) is 16.7 Å². The molecular weight excluding hydrogens is 212 g/mol. The summed E-state index contributed by atoms with van der Waals surface area (Å²) in [6.07, 6.45) is 0. The van der Waals surface area contributed by atoms with Crippen LogP contribution in [0.5, 0.6) is 0 Å². The van der Waals surface area contributed by atoms with Gasteiger partial charge in [0, 0.05) is 17.8 Å². The van der Waals surface area contributed by atoms with Crippen molar-refractivity contribution in [2.24, 2.45) is 10.8 Å². The smallest absolute Gasteiger partial charge is 0.290 e. The standard InChI is InChI=1S/C9H8N4OS/c10-9(15)13-12-7-5-3-1-2-4-6(5)11-8(7)14/h1-4H,(H3,10,13,15)(H,11,12,14)/p+1. The molecule has 6 heteroatoms. The second-order valence-electron chi connectivity index (χ2n) is 3.01. The number of anilines is 1. The summed E-state index contributed by atoms with van der Waals surface area (Å²) in [5.41, 5.74) is 8.45. The monoisotopic (exact) mass is 221 g/mol. The first-order valence-electron chi connectivity index (χ1n) is 4.29. The van der Waals surface area contributed by atoms with Gasteiger partial charge in [-0.3, -0.25) is 4.79 Å². The van der Waals surface area contributed by atoms with E-state index in [4.69, 9.17) is 5.73 Å². The number of hydrogen-bond donors (Lipinski definition) is 3. The van der Waals surface area contributed by atoms with Crippen molar-refractivity contribution in [3.8, 4) is 0 Å². The average molecular weight is 221 g/mol. The molecule has 5 N–H and O–H groups in total. The lowest BCUT2D eigenvalue weighted by atomic mass is 10.1. The number of fused-ring (bicyclic) bond motifs is 1. The number of quaternary nitrogens is 1. The number of nitrogens with zero attached hydrogens (tertiary/aromatic N) is 1. The van der Waals surface area contributed by atoms with Gasteiger partial charge in [0.05, 0.1) is 5.69 Å². The molecule has 0 atom stereocenters. The molecule has 5 nitrogen and oxygen atoms in total. The van der Waals surface area contributed by atoms with Gasteiger partial charge >= 0.3 is 0 Å². The Labute approximate surface area is 91.3 Å². The molecule has 1 aliphatic heterocycles. The Morgan fingerprint density at radius 3 is 2.93 bits per heavy atom. The van der Waals surface area contributed by atoms with Gasteiger partial charge in [-0.15, -0.1) is 0 Å². The summed E-state index contributed by atoms with van der Waals surface area (Å²) in [5, 5.41) is 6.81. The van der Waals surface area contributed by atoms with Gasteiger partial charge in [0.2, 0.25) is 0 Å². The van der Waals surface area contributed by atoms with Gasteiger partial charge in [0.1, 0.15) is 0 Å². The van der Waals surface area contributed by atoms with E-state index < -0.39 is 0 Å². The maximum absolute atomic E-state index is 11.5. The van der Waals surface area contributed by atoms with E-state index in [0.29, 0.717) is 5.71 Å². The van der Waals surface area contributed by atoms with Crippen molar-refractivity contribution in [2.75, 3.05) is 5.32 Å². The summed E-state index contributed by atoms with van der Waals surface area (Å²) in [6.45, 7) is 0. The fourth-order valence-corrected chi connectivity index (χ4v) is 1.41. The first-order valence-corrected chi connectivity index (χ1v) is 4.70. The van der Waals surface area contributed by atoms with Gasteiger partial charge in [-0.2, -0.15) is 5.43 Å². The topological polar surface area (TPSA) is 84.1 Å². The van der Waals surface area contributed by atoms with Crippen LogP contribution < -0.4 is 16.5 Å². The number of hydrogen-bond acceptors (Lipinski definition) is 3. The molecule has 0 fully saturated rings. The Bertz CT molecular complexity index is 469. The number of thiocarbonyl (C=S) groups is 1. The van der Waals surface area contributed by atoms with Gasteiger partial charge in [-0.25, -0.2) is 0 Å². The van der Waals surface area contributed by atoms with Crippen LogP contribution in [-0.2, 0) is 4.79 Å². The second kappa shape index (κ2) is 3.76. The quantitative estimate of drug-likeness (QED) is 0.328. The normalized spacial score (nSPS) is 16.3. The van der Waals surface area contributed by atoms with E-state index >= 15 is 0 Å². The number of benzene rings is 1. The van der Waals surface area contributed by atoms with Crippen LogP contribution in [0.25, 0.3) is 0 Å². The van der Waals surface area contributed by atoms with E-state index in [2.05, 4.69) is 22.6 Å². The van der Waals surface area contributed by atoms with Crippen molar-refractivity contribution in [3.63, 3.8) is 0 Å². The van der Waals surface area contributed by atoms with Crippen LogP contribution in [0.3, 0.4) is 0 Å². The minimum Gasteiger partial charge on any atom is -0.343 e.